The van der Waals surface area contributed by atoms with Crippen molar-refractivity contribution >= 4 is 14.4 Å². The Labute approximate surface area is 171 Å². The normalized spacial score (nSPS) is 16.7. The fourth-order valence-electron chi connectivity index (χ4n) is 3.90. The number of piperidine rings is 1. The molecule has 3 rings (SSSR count). The van der Waals surface area contributed by atoms with Crippen LogP contribution in [0, 0.1) is 0 Å². The van der Waals surface area contributed by atoms with Gasteiger partial charge in [0.1, 0.15) is 0 Å². The summed E-state index contributed by atoms with van der Waals surface area (Å²) in [6.45, 7) is 7.94. The fraction of sp³-hybridized carbons (Fsp3) is 0.417. The van der Waals surface area contributed by atoms with Crippen LogP contribution in [-0.2, 0) is 13.0 Å². The van der Waals surface area contributed by atoms with Crippen LogP contribution in [0.1, 0.15) is 41.0 Å². The summed E-state index contributed by atoms with van der Waals surface area (Å²) in [5.74, 6) is 0.669. The lowest BCUT2D eigenvalue weighted by atomic mass is 9.88. The molecule has 0 spiro atoms. The summed E-state index contributed by atoms with van der Waals surface area (Å²) in [7, 11) is -2.14. The maximum absolute atomic E-state index is 9.99. The molecule has 4 heteroatoms. The standard InChI is InChI=1S/C24H34N2OSi/c1-28(2,27)16-12-21-6-3-5-20(17-21)9-13-26-14-10-23(11-15-26)24-8-4-7-22(18-24)19-25/h3-8,12,16-18,23,27H,9-11,13-15,19,25H2,1-2H3. The molecule has 1 aliphatic heterocycles. The lowest BCUT2D eigenvalue weighted by Crippen LogP contribution is -2.34. The zero-order valence-corrected chi connectivity index (χ0v) is 18.3. The van der Waals surface area contributed by atoms with Crippen molar-refractivity contribution in [3.63, 3.8) is 0 Å². The molecule has 1 aliphatic rings. The maximum atomic E-state index is 9.99. The van der Waals surface area contributed by atoms with Gasteiger partial charge in [-0.05, 0) is 73.6 Å². The summed E-state index contributed by atoms with van der Waals surface area (Å²) >= 11 is 0. The molecule has 2 aromatic rings. The van der Waals surface area contributed by atoms with Gasteiger partial charge in [0.25, 0.3) is 0 Å². The summed E-state index contributed by atoms with van der Waals surface area (Å²) in [6.07, 6.45) is 5.60. The summed E-state index contributed by atoms with van der Waals surface area (Å²) in [5.41, 5.74) is 13.0. The first-order chi connectivity index (χ1) is 13.4. The number of rotatable bonds is 7. The Bertz CT molecular complexity index is 789. The molecule has 0 aliphatic carbocycles. The van der Waals surface area contributed by atoms with Crippen LogP contribution >= 0.6 is 0 Å². The predicted octanol–water partition coefficient (Wildman–Crippen LogP) is 4.32. The first-order valence-corrected chi connectivity index (χ1v) is 13.5. The molecule has 0 unspecified atom stereocenters. The van der Waals surface area contributed by atoms with Crippen LogP contribution in [0.5, 0.6) is 0 Å². The van der Waals surface area contributed by atoms with E-state index in [1.54, 1.807) is 0 Å². The first-order valence-electron chi connectivity index (χ1n) is 10.4. The molecule has 0 amide bonds. The second-order valence-corrected chi connectivity index (χ2v) is 12.2. The number of likely N-dealkylation sites (tertiary alicyclic amines) is 1. The largest absolute Gasteiger partial charge is 0.428 e. The van der Waals surface area contributed by atoms with Crippen molar-refractivity contribution in [2.45, 2.75) is 44.8 Å². The maximum Gasteiger partial charge on any atom is 0.206 e. The summed E-state index contributed by atoms with van der Waals surface area (Å²) in [4.78, 5) is 12.6. The van der Waals surface area contributed by atoms with Gasteiger partial charge in [0, 0.05) is 13.1 Å². The van der Waals surface area contributed by atoms with Crippen LogP contribution < -0.4 is 5.73 Å². The fourth-order valence-corrected chi connectivity index (χ4v) is 4.50. The Morgan fingerprint density at radius 2 is 1.79 bits per heavy atom. The highest BCUT2D eigenvalue weighted by atomic mass is 28.4. The van der Waals surface area contributed by atoms with E-state index >= 15 is 0 Å². The highest BCUT2D eigenvalue weighted by Gasteiger charge is 2.20. The van der Waals surface area contributed by atoms with Crippen LogP contribution in [0.3, 0.4) is 0 Å². The molecule has 0 aromatic heterocycles. The monoisotopic (exact) mass is 394 g/mol. The summed E-state index contributed by atoms with van der Waals surface area (Å²) < 4.78 is 0. The number of hydrogen-bond donors (Lipinski definition) is 2. The second kappa shape index (κ2) is 9.66. The van der Waals surface area contributed by atoms with Crippen molar-refractivity contribution in [1.29, 1.82) is 0 Å². The molecular formula is C24H34N2OSi. The van der Waals surface area contributed by atoms with Gasteiger partial charge in [-0.15, -0.1) is 0 Å². The van der Waals surface area contributed by atoms with Crippen molar-refractivity contribution in [3.8, 4) is 0 Å². The minimum Gasteiger partial charge on any atom is -0.428 e. The third kappa shape index (κ3) is 6.42. The van der Waals surface area contributed by atoms with Gasteiger partial charge in [-0.2, -0.15) is 0 Å². The van der Waals surface area contributed by atoms with Gasteiger partial charge >= 0.3 is 0 Å². The van der Waals surface area contributed by atoms with Crippen LogP contribution in [0.2, 0.25) is 13.1 Å². The van der Waals surface area contributed by atoms with E-state index in [0.29, 0.717) is 12.5 Å². The summed E-state index contributed by atoms with van der Waals surface area (Å²) in [5, 5.41) is 0. The van der Waals surface area contributed by atoms with E-state index in [4.69, 9.17) is 5.73 Å². The zero-order valence-electron chi connectivity index (χ0n) is 17.3. The Balaban J connectivity index is 1.50. The Kier molecular flexibility index (Phi) is 7.24. The number of nitrogens with zero attached hydrogens (tertiary/aromatic N) is 1. The van der Waals surface area contributed by atoms with E-state index in [9.17, 15) is 4.80 Å². The van der Waals surface area contributed by atoms with Gasteiger partial charge < -0.3 is 15.4 Å². The lowest BCUT2D eigenvalue weighted by Gasteiger charge is -2.32. The molecule has 0 radical (unpaired) electrons. The summed E-state index contributed by atoms with van der Waals surface area (Å²) in [6, 6.07) is 17.5. The molecule has 3 N–H and O–H groups in total. The smallest absolute Gasteiger partial charge is 0.206 e. The van der Waals surface area contributed by atoms with E-state index in [0.717, 1.165) is 13.0 Å². The van der Waals surface area contributed by atoms with Crippen molar-refractivity contribution in [2.75, 3.05) is 19.6 Å². The Morgan fingerprint density at radius 1 is 1.07 bits per heavy atom. The van der Waals surface area contributed by atoms with Crippen molar-refractivity contribution in [1.82, 2.24) is 4.90 Å². The Hall–Kier alpha value is -1.72. The molecule has 3 nitrogen and oxygen atoms in total. The molecule has 0 atom stereocenters. The van der Waals surface area contributed by atoms with Gasteiger partial charge in [0.05, 0.1) is 0 Å². The average molecular weight is 395 g/mol. The van der Waals surface area contributed by atoms with Crippen LogP contribution in [0.15, 0.2) is 54.2 Å². The van der Waals surface area contributed by atoms with Crippen molar-refractivity contribution in [2.24, 2.45) is 5.73 Å². The van der Waals surface area contributed by atoms with Gasteiger partial charge in [-0.1, -0.05) is 60.3 Å². The van der Waals surface area contributed by atoms with Crippen LogP contribution in [0.25, 0.3) is 6.08 Å². The van der Waals surface area contributed by atoms with Crippen molar-refractivity contribution in [3.05, 3.63) is 76.5 Å². The molecule has 0 bridgehead atoms. The minimum atomic E-state index is -2.14. The van der Waals surface area contributed by atoms with Crippen LogP contribution in [0.4, 0.5) is 0 Å². The minimum absolute atomic E-state index is 0.624. The molecule has 0 saturated carbocycles. The molecular weight excluding hydrogens is 360 g/mol. The van der Waals surface area contributed by atoms with Gasteiger partial charge in [0.2, 0.25) is 8.32 Å². The van der Waals surface area contributed by atoms with Gasteiger partial charge in [-0.25, -0.2) is 0 Å². The number of benzene rings is 2. The molecule has 1 heterocycles. The zero-order chi connectivity index (χ0) is 20.0. The highest BCUT2D eigenvalue weighted by molar-refractivity contribution is 6.75. The third-order valence-electron chi connectivity index (χ3n) is 5.60. The Morgan fingerprint density at radius 3 is 2.50 bits per heavy atom. The molecule has 28 heavy (non-hydrogen) atoms. The highest BCUT2D eigenvalue weighted by Crippen LogP contribution is 2.28. The number of hydrogen-bond acceptors (Lipinski definition) is 3. The van der Waals surface area contributed by atoms with E-state index in [-0.39, 0.29) is 0 Å². The van der Waals surface area contributed by atoms with Gasteiger partial charge in [-0.3, -0.25) is 0 Å². The average Bonchev–Trinajstić information content (AvgIpc) is 2.71. The molecule has 1 saturated heterocycles. The number of nitrogens with two attached hydrogens (primary N) is 1. The predicted molar refractivity (Wildman–Crippen MR) is 122 cm³/mol. The van der Waals surface area contributed by atoms with Crippen molar-refractivity contribution < 1.29 is 4.80 Å². The SMILES string of the molecule is C[Si](C)(O)C=Cc1cccc(CCN2CCC(c3cccc(CN)c3)CC2)c1. The topological polar surface area (TPSA) is 49.5 Å². The second-order valence-electron chi connectivity index (χ2n) is 8.55. The molecule has 150 valence electrons. The molecule has 1 fully saturated rings. The lowest BCUT2D eigenvalue weighted by molar-refractivity contribution is 0.214. The van der Waals surface area contributed by atoms with E-state index in [1.807, 2.05) is 18.8 Å². The quantitative estimate of drug-likeness (QED) is 0.688. The van der Waals surface area contributed by atoms with Gasteiger partial charge in [0.15, 0.2) is 0 Å². The van der Waals surface area contributed by atoms with E-state index in [1.165, 1.54) is 48.2 Å². The first kappa shape index (κ1) is 21.0. The molecule has 2 aromatic carbocycles. The van der Waals surface area contributed by atoms with Crippen LogP contribution in [-0.4, -0.2) is 37.6 Å². The third-order valence-corrected chi connectivity index (χ3v) is 6.58. The van der Waals surface area contributed by atoms with E-state index < -0.39 is 8.32 Å². The van der Waals surface area contributed by atoms with E-state index in [2.05, 4.69) is 59.5 Å².